The average Bonchev–Trinajstić information content (AvgIpc) is 3.45. The summed E-state index contributed by atoms with van der Waals surface area (Å²) in [5, 5.41) is 0. The number of carbonyl (C=O) groups is 2. The summed E-state index contributed by atoms with van der Waals surface area (Å²) in [6.45, 7) is 4.05. The minimum Gasteiger partial charge on any atom is -0.451 e. The summed E-state index contributed by atoms with van der Waals surface area (Å²) in [7, 11) is 1.92. The van der Waals surface area contributed by atoms with Gasteiger partial charge in [0, 0.05) is 43.4 Å². The molecule has 3 aliphatic rings. The van der Waals surface area contributed by atoms with Gasteiger partial charge in [0.1, 0.15) is 5.60 Å². The summed E-state index contributed by atoms with van der Waals surface area (Å²) >= 11 is 0. The number of carbonyl (C=O) groups excluding carboxylic acids is 2. The van der Waals surface area contributed by atoms with E-state index in [1.165, 1.54) is 12.8 Å². The molecule has 5 rings (SSSR count). The lowest BCUT2D eigenvalue weighted by atomic mass is 9.74. The first kappa shape index (κ1) is 21.1. The number of likely N-dealkylation sites (tertiary alicyclic amines) is 1. The number of ether oxygens (including phenoxy) is 1. The predicted octanol–water partition coefficient (Wildman–Crippen LogP) is 3.86. The third kappa shape index (κ3) is 3.92. The molecule has 32 heavy (non-hydrogen) atoms. The minimum atomic E-state index is -0.583. The fraction of sp³-hybridized carbons (Fsp3) is 0.500. The molecular weight excluding hydrogens is 402 g/mol. The summed E-state index contributed by atoms with van der Waals surface area (Å²) in [5.74, 6) is -0.0147. The van der Waals surface area contributed by atoms with Gasteiger partial charge in [0.25, 0.3) is 0 Å². The first-order chi connectivity index (χ1) is 15.6. The maximum Gasteiger partial charge on any atom is 0.339 e. The van der Waals surface area contributed by atoms with Crippen LogP contribution in [0.5, 0.6) is 0 Å². The van der Waals surface area contributed by atoms with E-state index in [0.717, 1.165) is 55.8 Å². The van der Waals surface area contributed by atoms with Crippen LogP contribution in [-0.4, -0.2) is 59.9 Å². The van der Waals surface area contributed by atoms with Crippen molar-refractivity contribution in [2.45, 2.75) is 44.1 Å². The van der Waals surface area contributed by atoms with E-state index in [-0.39, 0.29) is 17.8 Å². The van der Waals surface area contributed by atoms with Gasteiger partial charge in [0.05, 0.1) is 11.3 Å². The summed E-state index contributed by atoms with van der Waals surface area (Å²) in [4.78, 5) is 34.5. The Balaban J connectivity index is 1.25. The predicted molar refractivity (Wildman–Crippen MR) is 122 cm³/mol. The van der Waals surface area contributed by atoms with Crippen LogP contribution in [0.3, 0.4) is 0 Å². The van der Waals surface area contributed by atoms with Gasteiger partial charge in [0.15, 0.2) is 0 Å². The summed E-state index contributed by atoms with van der Waals surface area (Å²) in [6.07, 6.45) is 7.19. The zero-order chi connectivity index (χ0) is 22.1. The molecular formula is C26H31N3O3. The number of fused-ring (bicyclic) bond motifs is 2. The van der Waals surface area contributed by atoms with Gasteiger partial charge in [-0.3, -0.25) is 9.78 Å². The lowest BCUT2D eigenvalue weighted by Gasteiger charge is -2.37. The smallest absolute Gasteiger partial charge is 0.339 e. The number of rotatable bonds is 5. The van der Waals surface area contributed by atoms with Crippen molar-refractivity contribution in [3.8, 4) is 11.3 Å². The van der Waals surface area contributed by atoms with Crippen molar-refractivity contribution in [1.82, 2.24) is 14.8 Å². The molecule has 1 saturated heterocycles. The average molecular weight is 434 g/mol. The Kier molecular flexibility index (Phi) is 5.72. The summed E-state index contributed by atoms with van der Waals surface area (Å²) in [5.41, 5.74) is 2.79. The number of nitrogens with zero attached hydrogens (tertiary/aromatic N) is 3. The SMILES string of the molecule is CN(CCN1CCCC1)C(=O)[C@H]1CC[C@@]2(CC1)OC(=O)c1cc(-c3ccccn3)ccc12. The Morgan fingerprint density at radius 2 is 1.97 bits per heavy atom. The molecule has 0 N–H and O–H groups in total. The second kappa shape index (κ2) is 8.66. The maximum absolute atomic E-state index is 13.0. The molecule has 2 aliphatic heterocycles. The van der Waals surface area contributed by atoms with Crippen LogP contribution < -0.4 is 0 Å². The zero-order valence-electron chi connectivity index (χ0n) is 18.8. The fourth-order valence-corrected chi connectivity index (χ4v) is 5.51. The molecule has 1 aromatic heterocycles. The molecule has 0 radical (unpaired) electrons. The van der Waals surface area contributed by atoms with Crippen LogP contribution in [0, 0.1) is 5.92 Å². The van der Waals surface area contributed by atoms with Crippen LogP contribution in [0.4, 0.5) is 0 Å². The molecule has 1 aliphatic carbocycles. The van der Waals surface area contributed by atoms with Crippen LogP contribution in [-0.2, 0) is 15.1 Å². The summed E-state index contributed by atoms with van der Waals surface area (Å²) < 4.78 is 5.96. The lowest BCUT2D eigenvalue weighted by Crippen LogP contribution is -2.41. The van der Waals surface area contributed by atoms with E-state index >= 15 is 0 Å². The first-order valence-corrected chi connectivity index (χ1v) is 11.8. The van der Waals surface area contributed by atoms with Gasteiger partial charge in [-0.25, -0.2) is 4.79 Å². The van der Waals surface area contributed by atoms with E-state index in [1.807, 2.05) is 48.3 Å². The minimum absolute atomic E-state index is 0.0137. The number of esters is 1. The van der Waals surface area contributed by atoms with Crippen molar-refractivity contribution in [2.24, 2.45) is 5.92 Å². The highest BCUT2D eigenvalue weighted by molar-refractivity contribution is 5.96. The van der Waals surface area contributed by atoms with Gasteiger partial charge in [-0.05, 0) is 69.8 Å². The number of aromatic nitrogens is 1. The molecule has 2 aromatic rings. The molecule has 0 atom stereocenters. The Morgan fingerprint density at radius 3 is 2.69 bits per heavy atom. The zero-order valence-corrected chi connectivity index (χ0v) is 18.8. The van der Waals surface area contributed by atoms with Crippen molar-refractivity contribution in [1.29, 1.82) is 0 Å². The lowest BCUT2D eigenvalue weighted by molar-refractivity contribution is -0.137. The van der Waals surface area contributed by atoms with Gasteiger partial charge in [-0.1, -0.05) is 18.2 Å². The topological polar surface area (TPSA) is 62.7 Å². The Hall–Kier alpha value is -2.73. The Morgan fingerprint density at radius 1 is 1.19 bits per heavy atom. The number of benzene rings is 1. The molecule has 1 amide bonds. The number of amides is 1. The van der Waals surface area contributed by atoms with E-state index in [0.29, 0.717) is 18.4 Å². The van der Waals surface area contributed by atoms with Crippen LogP contribution in [0.25, 0.3) is 11.3 Å². The summed E-state index contributed by atoms with van der Waals surface area (Å²) in [6, 6.07) is 11.7. The van der Waals surface area contributed by atoms with Gasteiger partial charge in [0.2, 0.25) is 5.91 Å². The number of likely N-dealkylation sites (N-methyl/N-ethyl adjacent to an activating group) is 1. The van der Waals surface area contributed by atoms with Crippen LogP contribution in [0.1, 0.15) is 54.4 Å². The molecule has 6 nitrogen and oxygen atoms in total. The van der Waals surface area contributed by atoms with E-state index < -0.39 is 5.60 Å². The highest BCUT2D eigenvalue weighted by Gasteiger charge is 2.48. The largest absolute Gasteiger partial charge is 0.451 e. The first-order valence-electron chi connectivity index (χ1n) is 11.8. The van der Waals surface area contributed by atoms with Gasteiger partial charge < -0.3 is 14.5 Å². The van der Waals surface area contributed by atoms with Crippen molar-refractivity contribution in [3.05, 3.63) is 53.7 Å². The monoisotopic (exact) mass is 433 g/mol. The molecule has 1 saturated carbocycles. The standard InChI is InChI=1S/C26H31N3O3/c1-28(16-17-29-14-4-5-15-29)24(30)19-9-11-26(12-10-19)22-8-7-20(18-21(22)25(31)32-26)23-6-2-3-13-27-23/h2-3,6-8,13,18-19H,4-5,9-12,14-17H2,1H3/t19-,26-. The second-order valence-corrected chi connectivity index (χ2v) is 9.44. The Bertz CT molecular complexity index is 993. The molecule has 1 aromatic carbocycles. The van der Waals surface area contributed by atoms with E-state index in [9.17, 15) is 9.59 Å². The van der Waals surface area contributed by atoms with E-state index in [1.54, 1.807) is 6.20 Å². The van der Waals surface area contributed by atoms with Crippen LogP contribution >= 0.6 is 0 Å². The molecule has 168 valence electrons. The number of hydrogen-bond donors (Lipinski definition) is 0. The molecule has 1 spiro atoms. The van der Waals surface area contributed by atoms with Crippen molar-refractivity contribution >= 4 is 11.9 Å². The van der Waals surface area contributed by atoms with Crippen molar-refractivity contribution in [2.75, 3.05) is 33.2 Å². The molecule has 0 unspecified atom stereocenters. The van der Waals surface area contributed by atoms with E-state index in [4.69, 9.17) is 4.74 Å². The third-order valence-corrected chi connectivity index (χ3v) is 7.45. The van der Waals surface area contributed by atoms with Gasteiger partial charge in [-0.2, -0.15) is 0 Å². The fourth-order valence-electron chi connectivity index (χ4n) is 5.51. The highest BCUT2D eigenvalue weighted by Crippen LogP contribution is 2.49. The van der Waals surface area contributed by atoms with E-state index in [2.05, 4.69) is 9.88 Å². The van der Waals surface area contributed by atoms with Gasteiger partial charge in [-0.15, -0.1) is 0 Å². The molecule has 6 heteroatoms. The number of hydrogen-bond acceptors (Lipinski definition) is 5. The van der Waals surface area contributed by atoms with Gasteiger partial charge >= 0.3 is 5.97 Å². The van der Waals surface area contributed by atoms with Crippen LogP contribution in [0.15, 0.2) is 42.6 Å². The highest BCUT2D eigenvalue weighted by atomic mass is 16.6. The quantitative estimate of drug-likeness (QED) is 0.670. The molecule has 2 fully saturated rings. The number of pyridine rings is 1. The maximum atomic E-state index is 13.0. The van der Waals surface area contributed by atoms with Crippen LogP contribution in [0.2, 0.25) is 0 Å². The third-order valence-electron chi connectivity index (χ3n) is 7.45. The van der Waals surface area contributed by atoms with Crippen molar-refractivity contribution < 1.29 is 14.3 Å². The van der Waals surface area contributed by atoms with Crippen molar-refractivity contribution in [3.63, 3.8) is 0 Å². The Labute approximate surface area is 189 Å². The molecule has 3 heterocycles. The molecule has 0 bridgehead atoms. The second-order valence-electron chi connectivity index (χ2n) is 9.44. The normalized spacial score (nSPS) is 25.0.